The fourth-order valence-corrected chi connectivity index (χ4v) is 7.30. The summed E-state index contributed by atoms with van der Waals surface area (Å²) in [5.74, 6) is 0.926. The van der Waals surface area contributed by atoms with Gasteiger partial charge in [-0.05, 0) is 52.5 Å². The first-order chi connectivity index (χ1) is 17.7. The van der Waals surface area contributed by atoms with E-state index < -0.39 is 0 Å². The molecule has 2 bridgehead atoms. The Hall–Kier alpha value is -3.99. The zero-order valence-corrected chi connectivity index (χ0v) is 19.7. The van der Waals surface area contributed by atoms with Crippen LogP contribution in [0.15, 0.2) is 90.2 Å². The Labute approximate surface area is 208 Å². The van der Waals surface area contributed by atoms with Crippen LogP contribution in [0, 0.1) is 35.5 Å². The summed E-state index contributed by atoms with van der Waals surface area (Å²) in [6, 6.07) is 23.1. The molecule has 0 spiro atoms. The third-order valence-corrected chi connectivity index (χ3v) is 8.99. The highest BCUT2D eigenvalue weighted by molar-refractivity contribution is 6.07. The molecule has 0 N–H and O–H groups in total. The minimum atomic E-state index is -0.221. The summed E-state index contributed by atoms with van der Waals surface area (Å²) >= 11 is 0. The fraction of sp³-hybridized carbons (Fsp3) is 0.258. The molecule has 1 aliphatic heterocycles. The van der Waals surface area contributed by atoms with Crippen molar-refractivity contribution in [3.8, 4) is 0 Å². The Bertz CT molecular complexity index is 1600. The minimum absolute atomic E-state index is 0.120. The highest BCUT2D eigenvalue weighted by Gasteiger charge is 2.67. The summed E-state index contributed by atoms with van der Waals surface area (Å²) in [5, 5.41) is 9.20. The van der Waals surface area contributed by atoms with Gasteiger partial charge in [0.15, 0.2) is 0 Å². The molecule has 5 nitrogen and oxygen atoms in total. The average Bonchev–Trinajstić information content (AvgIpc) is 3.62. The van der Waals surface area contributed by atoms with Crippen molar-refractivity contribution in [1.82, 2.24) is 9.58 Å². The largest absolute Gasteiger partial charge is 0.342 e. The minimum Gasteiger partial charge on any atom is -0.342 e. The number of imide groups is 1. The highest BCUT2D eigenvalue weighted by atomic mass is 16.2. The number of fused-ring (bicyclic) bond motifs is 2. The SMILES string of the molecule is O=C1[C@@H]2[C@H]3C=C[C@@H]([C@@H]4C[C@H]34)[C@@H]2C(=O)N1/N=C\c1cn(Cc2cccc3ccccc23)c2ccccc12. The van der Waals surface area contributed by atoms with Gasteiger partial charge in [0.25, 0.3) is 11.8 Å². The zero-order valence-electron chi connectivity index (χ0n) is 19.7. The van der Waals surface area contributed by atoms with Crippen molar-refractivity contribution in [2.45, 2.75) is 13.0 Å². The van der Waals surface area contributed by atoms with Gasteiger partial charge in [0, 0.05) is 29.2 Å². The number of nitrogens with zero attached hydrogens (tertiary/aromatic N) is 3. The van der Waals surface area contributed by atoms with E-state index in [1.165, 1.54) is 21.3 Å². The van der Waals surface area contributed by atoms with Crippen molar-refractivity contribution in [2.24, 2.45) is 40.6 Å². The molecule has 2 amide bonds. The molecule has 4 aromatic rings. The van der Waals surface area contributed by atoms with E-state index in [0.717, 1.165) is 29.4 Å². The molecule has 1 aromatic heterocycles. The van der Waals surface area contributed by atoms with Crippen LogP contribution in [0.4, 0.5) is 0 Å². The van der Waals surface area contributed by atoms with Crippen LogP contribution in [0.25, 0.3) is 21.7 Å². The van der Waals surface area contributed by atoms with Crippen molar-refractivity contribution >= 4 is 39.7 Å². The third-order valence-electron chi connectivity index (χ3n) is 8.99. The van der Waals surface area contributed by atoms with Crippen LogP contribution in [0.5, 0.6) is 0 Å². The monoisotopic (exact) mass is 471 g/mol. The number of benzene rings is 3. The summed E-state index contributed by atoms with van der Waals surface area (Å²) in [4.78, 5) is 26.6. The van der Waals surface area contributed by atoms with Gasteiger partial charge in [0.1, 0.15) is 0 Å². The third kappa shape index (κ3) is 2.74. The van der Waals surface area contributed by atoms with Crippen LogP contribution in [-0.2, 0) is 16.1 Å². The molecule has 4 aliphatic carbocycles. The highest BCUT2D eigenvalue weighted by Crippen LogP contribution is 2.65. The van der Waals surface area contributed by atoms with Crippen LogP contribution in [-0.4, -0.2) is 27.6 Å². The van der Waals surface area contributed by atoms with Gasteiger partial charge < -0.3 is 4.57 Å². The lowest BCUT2D eigenvalue weighted by Gasteiger charge is -2.37. The predicted octanol–water partition coefficient (Wildman–Crippen LogP) is 5.23. The molecule has 176 valence electrons. The number of aromatic nitrogens is 1. The van der Waals surface area contributed by atoms with E-state index in [1.54, 1.807) is 6.21 Å². The van der Waals surface area contributed by atoms with Gasteiger partial charge in [0.05, 0.1) is 18.1 Å². The van der Waals surface area contributed by atoms with E-state index >= 15 is 0 Å². The molecule has 3 fully saturated rings. The summed E-state index contributed by atoms with van der Waals surface area (Å²) in [7, 11) is 0. The summed E-state index contributed by atoms with van der Waals surface area (Å²) in [6.07, 6.45) is 9.33. The van der Waals surface area contributed by atoms with Gasteiger partial charge in [-0.2, -0.15) is 10.1 Å². The molecule has 36 heavy (non-hydrogen) atoms. The molecular formula is C31H25N3O2. The maximum absolute atomic E-state index is 13.3. The summed E-state index contributed by atoms with van der Waals surface area (Å²) in [5.41, 5.74) is 3.25. The van der Waals surface area contributed by atoms with E-state index in [-0.39, 0.29) is 35.5 Å². The van der Waals surface area contributed by atoms with E-state index in [2.05, 4.69) is 82.6 Å². The number of carbonyl (C=O) groups excluding carboxylic acids is 2. The number of amides is 2. The Morgan fingerprint density at radius 2 is 1.47 bits per heavy atom. The average molecular weight is 472 g/mol. The number of hydrogen-bond donors (Lipinski definition) is 0. The second-order valence-corrected chi connectivity index (χ2v) is 10.8. The lowest BCUT2D eigenvalue weighted by atomic mass is 9.63. The number of para-hydroxylation sites is 1. The normalized spacial score (nSPS) is 30.1. The van der Waals surface area contributed by atoms with E-state index in [1.807, 2.05) is 12.1 Å². The van der Waals surface area contributed by atoms with Gasteiger partial charge in [-0.25, -0.2) is 0 Å². The number of carbonyl (C=O) groups is 2. The smallest absolute Gasteiger partial charge is 0.254 e. The van der Waals surface area contributed by atoms with E-state index in [4.69, 9.17) is 0 Å². The van der Waals surface area contributed by atoms with Gasteiger partial charge in [-0.1, -0.05) is 72.8 Å². The molecule has 9 rings (SSSR count). The van der Waals surface area contributed by atoms with Crippen LogP contribution in [0.2, 0.25) is 0 Å². The Balaban J connectivity index is 1.14. The quantitative estimate of drug-likeness (QED) is 0.233. The van der Waals surface area contributed by atoms with Crippen molar-refractivity contribution < 1.29 is 9.59 Å². The van der Waals surface area contributed by atoms with Crippen molar-refractivity contribution in [1.29, 1.82) is 0 Å². The summed E-state index contributed by atoms with van der Waals surface area (Å²) in [6.45, 7) is 0.721. The Morgan fingerprint density at radius 1 is 0.806 bits per heavy atom. The van der Waals surface area contributed by atoms with E-state index in [9.17, 15) is 9.59 Å². The number of hydrogen-bond acceptors (Lipinski definition) is 3. The number of rotatable bonds is 4. The maximum atomic E-state index is 13.3. The molecule has 5 heteroatoms. The number of hydrazone groups is 1. The number of allylic oxidation sites excluding steroid dienone is 2. The van der Waals surface area contributed by atoms with E-state index in [0.29, 0.717) is 11.8 Å². The molecular weight excluding hydrogens is 446 g/mol. The maximum Gasteiger partial charge on any atom is 0.254 e. The molecule has 1 saturated heterocycles. The van der Waals surface area contributed by atoms with Crippen LogP contribution in [0.1, 0.15) is 17.5 Å². The first kappa shape index (κ1) is 20.2. The Morgan fingerprint density at radius 3 is 2.25 bits per heavy atom. The van der Waals surface area contributed by atoms with Crippen LogP contribution < -0.4 is 0 Å². The second-order valence-electron chi connectivity index (χ2n) is 10.8. The molecule has 0 radical (unpaired) electrons. The van der Waals surface area contributed by atoms with Gasteiger partial charge in [-0.15, -0.1) is 0 Å². The lowest BCUT2D eigenvalue weighted by Crippen LogP contribution is -2.40. The van der Waals surface area contributed by atoms with Crippen molar-refractivity contribution in [2.75, 3.05) is 0 Å². The first-order valence-corrected chi connectivity index (χ1v) is 12.8. The zero-order chi connectivity index (χ0) is 24.0. The molecule has 2 saturated carbocycles. The first-order valence-electron chi connectivity index (χ1n) is 12.8. The van der Waals surface area contributed by atoms with Gasteiger partial charge in [0.2, 0.25) is 0 Å². The van der Waals surface area contributed by atoms with Crippen molar-refractivity contribution in [3.05, 3.63) is 96.2 Å². The molecule has 6 atom stereocenters. The molecule has 0 unspecified atom stereocenters. The van der Waals surface area contributed by atoms with Gasteiger partial charge in [-0.3, -0.25) is 9.59 Å². The second kappa shape index (κ2) is 7.26. The standard InChI is InChI=1S/C31H25N3O2/c35-30-28-23-12-13-24(26-14-25(23)26)29(28)31(36)34(30)32-15-20-17-33(27-11-4-3-10-22(20)27)16-19-8-5-7-18-6-1-2-9-21(18)19/h1-13,15,17,23-26,28-29H,14,16H2/b32-15-/t23-,24-,25-,26+,28-,29+/m0/s1. The van der Waals surface area contributed by atoms with Crippen molar-refractivity contribution in [3.63, 3.8) is 0 Å². The molecule has 2 heterocycles. The predicted molar refractivity (Wildman–Crippen MR) is 139 cm³/mol. The molecule has 5 aliphatic rings. The fourth-order valence-electron chi connectivity index (χ4n) is 7.30. The Kier molecular flexibility index (Phi) is 4.08. The topological polar surface area (TPSA) is 54.7 Å². The van der Waals surface area contributed by atoms with Gasteiger partial charge >= 0.3 is 0 Å². The van der Waals surface area contributed by atoms with Crippen LogP contribution >= 0.6 is 0 Å². The van der Waals surface area contributed by atoms with Crippen LogP contribution in [0.3, 0.4) is 0 Å². The molecule has 3 aromatic carbocycles. The lowest BCUT2D eigenvalue weighted by molar-refractivity contribution is -0.140. The summed E-state index contributed by atoms with van der Waals surface area (Å²) < 4.78 is 2.23.